The van der Waals surface area contributed by atoms with E-state index in [1.54, 1.807) is 12.0 Å². The maximum atomic E-state index is 12.2. The van der Waals surface area contributed by atoms with Gasteiger partial charge in [-0.25, -0.2) is 9.78 Å². The highest BCUT2D eigenvalue weighted by Gasteiger charge is 2.27. The van der Waals surface area contributed by atoms with Crippen LogP contribution in [0.4, 0.5) is 10.6 Å². The molecule has 0 aliphatic carbocycles. The molecule has 0 radical (unpaired) electrons. The molecule has 0 unspecified atom stereocenters. The summed E-state index contributed by atoms with van der Waals surface area (Å²) in [5.74, 6) is 1.55. The van der Waals surface area contributed by atoms with Crippen molar-refractivity contribution in [1.82, 2.24) is 9.88 Å². The summed E-state index contributed by atoms with van der Waals surface area (Å²) >= 11 is 2.19. The number of piperazine rings is 1. The van der Waals surface area contributed by atoms with Crippen LogP contribution in [0, 0.1) is 3.70 Å². The van der Waals surface area contributed by atoms with Gasteiger partial charge in [-0.1, -0.05) is 0 Å². The Morgan fingerprint density at radius 3 is 2.48 bits per heavy atom. The molecule has 0 aromatic carbocycles. The second-order valence-electron chi connectivity index (χ2n) is 6.75. The summed E-state index contributed by atoms with van der Waals surface area (Å²) in [5, 5.41) is 0. The summed E-state index contributed by atoms with van der Waals surface area (Å²) in [5.41, 5.74) is -0.478. The molecular formula is C17H26IN3O4. The van der Waals surface area contributed by atoms with Crippen molar-refractivity contribution in [3.63, 3.8) is 0 Å². The van der Waals surface area contributed by atoms with E-state index in [0.717, 1.165) is 15.3 Å². The number of carbonyl (C=O) groups is 1. The van der Waals surface area contributed by atoms with Crippen molar-refractivity contribution >= 4 is 34.5 Å². The lowest BCUT2D eigenvalue weighted by molar-refractivity contribution is 0.0240. The minimum absolute atomic E-state index is 0.265. The van der Waals surface area contributed by atoms with Gasteiger partial charge < -0.3 is 24.0 Å². The number of hydrogen-bond acceptors (Lipinski definition) is 6. The highest BCUT2D eigenvalue weighted by atomic mass is 127. The van der Waals surface area contributed by atoms with Crippen LogP contribution in [-0.2, 0) is 9.47 Å². The molecule has 1 saturated heterocycles. The van der Waals surface area contributed by atoms with E-state index in [1.165, 1.54) is 0 Å². The van der Waals surface area contributed by atoms with Gasteiger partial charge in [-0.15, -0.1) is 0 Å². The first-order valence-corrected chi connectivity index (χ1v) is 9.39. The first-order chi connectivity index (χ1) is 11.8. The summed E-state index contributed by atoms with van der Waals surface area (Å²) in [7, 11) is 1.65. The van der Waals surface area contributed by atoms with Gasteiger partial charge in [0.15, 0.2) is 11.6 Å². The molecule has 1 amide bonds. The average Bonchev–Trinajstić information content (AvgIpc) is 2.55. The molecule has 1 fully saturated rings. The molecule has 0 N–H and O–H groups in total. The second kappa shape index (κ2) is 8.88. The van der Waals surface area contributed by atoms with Crippen molar-refractivity contribution in [1.29, 1.82) is 0 Å². The SMILES string of the molecule is COCCOc1ccc(I)nc1N1CCN(C(=O)OC(C)(C)C)CC1. The van der Waals surface area contributed by atoms with E-state index in [9.17, 15) is 4.79 Å². The Kier molecular flexibility index (Phi) is 7.12. The fraction of sp³-hybridized carbons (Fsp3) is 0.647. The minimum atomic E-state index is -0.478. The third-order valence-electron chi connectivity index (χ3n) is 3.58. The van der Waals surface area contributed by atoms with Gasteiger partial charge in [0.05, 0.1) is 6.61 Å². The van der Waals surface area contributed by atoms with Crippen LogP contribution in [0.5, 0.6) is 5.75 Å². The molecule has 2 heterocycles. The van der Waals surface area contributed by atoms with Gasteiger partial charge in [-0.2, -0.15) is 0 Å². The molecule has 0 saturated carbocycles. The van der Waals surface area contributed by atoms with Crippen molar-refractivity contribution in [2.45, 2.75) is 26.4 Å². The summed E-state index contributed by atoms with van der Waals surface area (Å²) in [4.78, 5) is 20.7. The summed E-state index contributed by atoms with van der Waals surface area (Å²) in [6.45, 7) is 9.20. The lowest BCUT2D eigenvalue weighted by Gasteiger charge is -2.36. The predicted octanol–water partition coefficient (Wildman–Crippen LogP) is 2.77. The fourth-order valence-electron chi connectivity index (χ4n) is 2.41. The van der Waals surface area contributed by atoms with Gasteiger partial charge in [0.1, 0.15) is 15.9 Å². The molecule has 1 aliphatic heterocycles. The molecule has 8 heteroatoms. The number of amides is 1. The quantitative estimate of drug-likeness (QED) is 0.380. The highest BCUT2D eigenvalue weighted by Crippen LogP contribution is 2.28. The molecule has 1 aliphatic rings. The number of rotatable bonds is 5. The zero-order valence-electron chi connectivity index (χ0n) is 15.2. The number of nitrogens with zero attached hydrogens (tertiary/aromatic N) is 3. The van der Waals surface area contributed by atoms with Crippen LogP contribution in [0.2, 0.25) is 0 Å². The van der Waals surface area contributed by atoms with Gasteiger partial charge in [0.2, 0.25) is 0 Å². The van der Waals surface area contributed by atoms with Crippen molar-refractivity contribution in [2.75, 3.05) is 51.4 Å². The zero-order chi connectivity index (χ0) is 18.4. The molecular weight excluding hydrogens is 437 g/mol. The van der Waals surface area contributed by atoms with Crippen LogP contribution >= 0.6 is 22.6 Å². The van der Waals surface area contributed by atoms with E-state index in [4.69, 9.17) is 14.2 Å². The molecule has 25 heavy (non-hydrogen) atoms. The molecule has 2 rings (SSSR count). The molecule has 1 aromatic heterocycles. The van der Waals surface area contributed by atoms with Crippen LogP contribution in [-0.4, -0.2) is 68.1 Å². The number of methoxy groups -OCH3 is 1. The van der Waals surface area contributed by atoms with Crippen LogP contribution in [0.1, 0.15) is 20.8 Å². The first-order valence-electron chi connectivity index (χ1n) is 8.31. The van der Waals surface area contributed by atoms with Gasteiger partial charge in [0, 0.05) is 33.3 Å². The van der Waals surface area contributed by atoms with Crippen molar-refractivity contribution < 1.29 is 19.0 Å². The van der Waals surface area contributed by atoms with E-state index in [2.05, 4.69) is 32.5 Å². The summed E-state index contributed by atoms with van der Waals surface area (Å²) in [6, 6.07) is 3.85. The Morgan fingerprint density at radius 2 is 1.88 bits per heavy atom. The van der Waals surface area contributed by atoms with Gasteiger partial charge >= 0.3 is 6.09 Å². The van der Waals surface area contributed by atoms with Gasteiger partial charge in [-0.3, -0.25) is 0 Å². The maximum absolute atomic E-state index is 12.2. The maximum Gasteiger partial charge on any atom is 0.410 e. The Hall–Kier alpha value is -1.29. The van der Waals surface area contributed by atoms with Crippen molar-refractivity contribution in [3.8, 4) is 5.75 Å². The lowest BCUT2D eigenvalue weighted by atomic mass is 10.2. The molecule has 0 spiro atoms. The minimum Gasteiger partial charge on any atom is -0.487 e. The van der Waals surface area contributed by atoms with E-state index >= 15 is 0 Å². The first kappa shape index (κ1) is 20.0. The van der Waals surface area contributed by atoms with Gasteiger partial charge in [0.25, 0.3) is 0 Å². The number of hydrogen-bond donors (Lipinski definition) is 0. The van der Waals surface area contributed by atoms with Crippen LogP contribution < -0.4 is 9.64 Å². The topological polar surface area (TPSA) is 64.1 Å². The predicted molar refractivity (Wildman–Crippen MR) is 104 cm³/mol. The second-order valence-corrected chi connectivity index (χ2v) is 7.86. The van der Waals surface area contributed by atoms with E-state index in [1.807, 2.05) is 32.9 Å². The molecule has 7 nitrogen and oxygen atoms in total. The summed E-state index contributed by atoms with van der Waals surface area (Å²) < 4.78 is 17.2. The van der Waals surface area contributed by atoms with E-state index < -0.39 is 5.60 Å². The molecule has 0 bridgehead atoms. The number of carbonyl (C=O) groups excluding carboxylic acids is 1. The van der Waals surface area contributed by atoms with Crippen LogP contribution in [0.3, 0.4) is 0 Å². The Bertz CT molecular complexity index is 584. The van der Waals surface area contributed by atoms with Crippen LogP contribution in [0.25, 0.3) is 0 Å². The Balaban J connectivity index is 2.00. The van der Waals surface area contributed by atoms with Crippen LogP contribution in [0.15, 0.2) is 12.1 Å². The standard InChI is InChI=1S/C17H26IN3O4/c1-17(2,3)25-16(22)21-9-7-20(8-10-21)15-13(24-12-11-23-4)5-6-14(18)19-15/h5-6H,7-12H2,1-4H3. The molecule has 0 atom stereocenters. The number of anilines is 1. The summed E-state index contributed by atoms with van der Waals surface area (Å²) in [6.07, 6.45) is -0.265. The van der Waals surface area contributed by atoms with Crippen molar-refractivity contribution in [2.24, 2.45) is 0 Å². The van der Waals surface area contributed by atoms with Crippen molar-refractivity contribution in [3.05, 3.63) is 15.8 Å². The zero-order valence-corrected chi connectivity index (χ0v) is 17.4. The Labute approximate surface area is 162 Å². The lowest BCUT2D eigenvalue weighted by Crippen LogP contribution is -2.50. The fourth-order valence-corrected chi connectivity index (χ4v) is 2.82. The number of ether oxygens (including phenoxy) is 3. The number of aromatic nitrogens is 1. The monoisotopic (exact) mass is 463 g/mol. The smallest absolute Gasteiger partial charge is 0.410 e. The van der Waals surface area contributed by atoms with E-state index in [0.29, 0.717) is 39.4 Å². The van der Waals surface area contributed by atoms with Gasteiger partial charge in [-0.05, 0) is 55.5 Å². The van der Waals surface area contributed by atoms with E-state index in [-0.39, 0.29) is 6.09 Å². The molecule has 1 aromatic rings. The highest BCUT2D eigenvalue weighted by molar-refractivity contribution is 14.1. The third kappa shape index (κ3) is 6.18. The third-order valence-corrected chi connectivity index (χ3v) is 4.18. The Morgan fingerprint density at radius 1 is 1.20 bits per heavy atom. The normalized spacial score (nSPS) is 15.2. The number of pyridine rings is 1. The molecule has 140 valence electrons. The number of halogens is 1. The average molecular weight is 463 g/mol. The largest absolute Gasteiger partial charge is 0.487 e.